The molecule has 0 aromatic rings. The molecule has 0 saturated heterocycles. The van der Waals surface area contributed by atoms with Crippen LogP contribution in [-0.4, -0.2) is 27.9 Å². The Morgan fingerprint density at radius 2 is 1.31 bits per heavy atom. The van der Waals surface area contributed by atoms with E-state index < -0.39 is 11.9 Å². The van der Waals surface area contributed by atoms with Gasteiger partial charge in [0, 0.05) is 18.8 Å². The standard InChI is InChI=1S/C11H18O5/c1-8(12)9(4-2-6-10(13)14)5-3-7-11(15)16/h9H,2-7H2,1H3,(H,13,14)(H,15,16). The summed E-state index contributed by atoms with van der Waals surface area (Å²) in [5, 5.41) is 16.9. The van der Waals surface area contributed by atoms with Gasteiger partial charge in [0.1, 0.15) is 5.78 Å². The minimum Gasteiger partial charge on any atom is -0.481 e. The van der Waals surface area contributed by atoms with Crippen LogP contribution in [0, 0.1) is 5.92 Å². The Hall–Kier alpha value is -1.39. The summed E-state index contributed by atoms with van der Waals surface area (Å²) in [6, 6.07) is 0. The molecule has 0 aromatic carbocycles. The molecule has 0 saturated carbocycles. The number of rotatable bonds is 9. The molecule has 2 N–H and O–H groups in total. The molecular weight excluding hydrogens is 212 g/mol. The van der Waals surface area contributed by atoms with Gasteiger partial charge in [-0.15, -0.1) is 0 Å². The SMILES string of the molecule is CC(=O)C(CCCC(=O)O)CCCC(=O)O. The van der Waals surface area contributed by atoms with Gasteiger partial charge in [0.25, 0.3) is 0 Å². The first-order valence-electron chi connectivity index (χ1n) is 5.37. The van der Waals surface area contributed by atoms with Crippen LogP contribution in [0.3, 0.4) is 0 Å². The lowest BCUT2D eigenvalue weighted by atomic mass is 9.92. The molecule has 5 nitrogen and oxygen atoms in total. The van der Waals surface area contributed by atoms with E-state index in [2.05, 4.69) is 0 Å². The van der Waals surface area contributed by atoms with Gasteiger partial charge in [-0.1, -0.05) is 0 Å². The van der Waals surface area contributed by atoms with Crippen molar-refractivity contribution in [2.24, 2.45) is 5.92 Å². The summed E-state index contributed by atoms with van der Waals surface area (Å²) in [5.41, 5.74) is 0. The smallest absolute Gasteiger partial charge is 0.303 e. The third kappa shape index (κ3) is 7.96. The van der Waals surface area contributed by atoms with Crippen LogP contribution in [0.2, 0.25) is 0 Å². The average molecular weight is 230 g/mol. The number of aliphatic carboxylic acids is 2. The highest BCUT2D eigenvalue weighted by Gasteiger charge is 2.14. The largest absolute Gasteiger partial charge is 0.481 e. The Morgan fingerprint density at radius 1 is 0.938 bits per heavy atom. The van der Waals surface area contributed by atoms with Gasteiger partial charge in [0.15, 0.2) is 0 Å². The van der Waals surface area contributed by atoms with Gasteiger partial charge in [-0.2, -0.15) is 0 Å². The van der Waals surface area contributed by atoms with Gasteiger partial charge < -0.3 is 10.2 Å². The van der Waals surface area contributed by atoms with Gasteiger partial charge in [-0.25, -0.2) is 0 Å². The van der Waals surface area contributed by atoms with Gasteiger partial charge >= 0.3 is 11.9 Å². The summed E-state index contributed by atoms with van der Waals surface area (Å²) in [4.78, 5) is 31.8. The molecule has 0 radical (unpaired) electrons. The lowest BCUT2D eigenvalue weighted by Gasteiger charge is -2.11. The van der Waals surface area contributed by atoms with Crippen LogP contribution in [0.15, 0.2) is 0 Å². The first kappa shape index (κ1) is 14.6. The lowest BCUT2D eigenvalue weighted by molar-refractivity contribution is -0.138. The fourth-order valence-corrected chi connectivity index (χ4v) is 1.55. The van der Waals surface area contributed by atoms with Crippen molar-refractivity contribution in [2.75, 3.05) is 0 Å². The van der Waals surface area contributed by atoms with E-state index in [1.165, 1.54) is 6.92 Å². The minimum atomic E-state index is -0.868. The van der Waals surface area contributed by atoms with Crippen LogP contribution in [0.25, 0.3) is 0 Å². The van der Waals surface area contributed by atoms with Crippen molar-refractivity contribution in [1.29, 1.82) is 0 Å². The molecule has 0 spiro atoms. The predicted molar refractivity (Wildman–Crippen MR) is 57.1 cm³/mol. The Labute approximate surface area is 94.5 Å². The predicted octanol–water partition coefficient (Wildman–Crippen LogP) is 1.70. The van der Waals surface area contributed by atoms with Gasteiger partial charge in [-0.3, -0.25) is 14.4 Å². The zero-order valence-electron chi connectivity index (χ0n) is 9.44. The van der Waals surface area contributed by atoms with Crippen LogP contribution in [0.4, 0.5) is 0 Å². The van der Waals surface area contributed by atoms with Gasteiger partial charge in [0.05, 0.1) is 0 Å². The normalized spacial score (nSPS) is 10.4. The number of carbonyl (C=O) groups excluding carboxylic acids is 1. The molecule has 0 bridgehead atoms. The average Bonchev–Trinajstić information content (AvgIpc) is 2.14. The first-order valence-corrected chi connectivity index (χ1v) is 5.37. The summed E-state index contributed by atoms with van der Waals surface area (Å²) < 4.78 is 0. The molecule has 92 valence electrons. The fourth-order valence-electron chi connectivity index (χ4n) is 1.55. The molecule has 0 aliphatic heterocycles. The molecule has 0 atom stereocenters. The Balaban J connectivity index is 3.84. The molecule has 0 aliphatic carbocycles. The zero-order chi connectivity index (χ0) is 12.6. The minimum absolute atomic E-state index is 0.00998. The van der Waals surface area contributed by atoms with Crippen molar-refractivity contribution in [2.45, 2.75) is 45.4 Å². The van der Waals surface area contributed by atoms with E-state index >= 15 is 0 Å². The van der Waals surface area contributed by atoms with E-state index in [-0.39, 0.29) is 24.5 Å². The van der Waals surface area contributed by atoms with Crippen LogP contribution in [0.5, 0.6) is 0 Å². The maximum atomic E-state index is 11.2. The van der Waals surface area contributed by atoms with Gasteiger partial charge in [-0.05, 0) is 32.6 Å². The van der Waals surface area contributed by atoms with E-state index in [1.54, 1.807) is 0 Å². The van der Waals surface area contributed by atoms with E-state index in [9.17, 15) is 14.4 Å². The molecule has 5 heteroatoms. The molecule has 16 heavy (non-hydrogen) atoms. The molecule has 0 unspecified atom stereocenters. The Kier molecular flexibility index (Phi) is 7.16. The van der Waals surface area contributed by atoms with Crippen molar-refractivity contribution < 1.29 is 24.6 Å². The molecule has 0 rings (SSSR count). The number of carboxylic acid groups (broad SMARTS) is 2. The van der Waals surface area contributed by atoms with Crippen molar-refractivity contribution >= 4 is 17.7 Å². The number of carbonyl (C=O) groups is 3. The first-order chi connectivity index (χ1) is 7.43. The Morgan fingerprint density at radius 3 is 1.56 bits per heavy atom. The molecule has 0 amide bonds. The highest BCUT2D eigenvalue weighted by Crippen LogP contribution is 2.17. The molecule has 0 aromatic heterocycles. The third-order valence-corrected chi connectivity index (χ3v) is 2.46. The van der Waals surface area contributed by atoms with E-state index in [4.69, 9.17) is 10.2 Å². The van der Waals surface area contributed by atoms with Crippen LogP contribution >= 0.6 is 0 Å². The molecule has 0 aliphatic rings. The van der Waals surface area contributed by atoms with Crippen molar-refractivity contribution in [3.8, 4) is 0 Å². The Bertz CT molecular complexity index is 239. The maximum absolute atomic E-state index is 11.2. The number of carboxylic acids is 2. The summed E-state index contributed by atoms with van der Waals surface area (Å²) in [5.74, 6) is -1.92. The second-order valence-electron chi connectivity index (χ2n) is 3.88. The number of ketones is 1. The molecule has 0 heterocycles. The second kappa shape index (κ2) is 7.84. The fraction of sp³-hybridized carbons (Fsp3) is 0.727. The quantitative estimate of drug-likeness (QED) is 0.629. The monoisotopic (exact) mass is 230 g/mol. The van der Waals surface area contributed by atoms with Crippen LogP contribution < -0.4 is 0 Å². The third-order valence-electron chi connectivity index (χ3n) is 2.46. The molecule has 0 fully saturated rings. The topological polar surface area (TPSA) is 91.7 Å². The van der Waals surface area contributed by atoms with E-state index in [1.807, 2.05) is 0 Å². The van der Waals surface area contributed by atoms with Crippen molar-refractivity contribution in [1.82, 2.24) is 0 Å². The number of hydrogen-bond donors (Lipinski definition) is 2. The second-order valence-corrected chi connectivity index (χ2v) is 3.88. The van der Waals surface area contributed by atoms with Crippen molar-refractivity contribution in [3.63, 3.8) is 0 Å². The zero-order valence-corrected chi connectivity index (χ0v) is 9.44. The summed E-state index contributed by atoms with van der Waals surface area (Å²) in [7, 11) is 0. The van der Waals surface area contributed by atoms with Crippen molar-refractivity contribution in [3.05, 3.63) is 0 Å². The summed E-state index contributed by atoms with van der Waals surface area (Å²) in [6.45, 7) is 1.46. The summed E-state index contributed by atoms with van der Waals surface area (Å²) in [6.07, 6.45) is 2.10. The number of hydrogen-bond acceptors (Lipinski definition) is 3. The maximum Gasteiger partial charge on any atom is 0.303 e. The van der Waals surface area contributed by atoms with Gasteiger partial charge in [0.2, 0.25) is 0 Å². The highest BCUT2D eigenvalue weighted by atomic mass is 16.4. The summed E-state index contributed by atoms with van der Waals surface area (Å²) >= 11 is 0. The van der Waals surface area contributed by atoms with Crippen LogP contribution in [0.1, 0.15) is 45.4 Å². The van der Waals surface area contributed by atoms with E-state index in [0.717, 1.165) is 0 Å². The highest BCUT2D eigenvalue weighted by molar-refractivity contribution is 5.78. The number of Topliss-reactive ketones (excluding diaryl/α,β-unsaturated/α-hetero) is 1. The van der Waals surface area contributed by atoms with E-state index in [0.29, 0.717) is 25.7 Å². The lowest BCUT2D eigenvalue weighted by Crippen LogP contribution is -2.12. The van der Waals surface area contributed by atoms with Crippen LogP contribution in [-0.2, 0) is 14.4 Å². The molecular formula is C11H18O5.